The van der Waals surface area contributed by atoms with Crippen LogP contribution >= 0.6 is 11.6 Å². The van der Waals surface area contributed by atoms with Gasteiger partial charge in [0.15, 0.2) is 0 Å². The van der Waals surface area contributed by atoms with Gasteiger partial charge in [-0.1, -0.05) is 53.6 Å². The molecule has 1 aliphatic heterocycles. The van der Waals surface area contributed by atoms with Crippen LogP contribution in [-0.4, -0.2) is 64.7 Å². The van der Waals surface area contributed by atoms with Gasteiger partial charge in [-0.15, -0.1) is 0 Å². The number of aryl methyl sites for hydroxylation is 1. The molecular formula is C26H28ClN3O5S2. The van der Waals surface area contributed by atoms with Gasteiger partial charge in [0.05, 0.1) is 15.5 Å². The zero-order valence-electron chi connectivity index (χ0n) is 20.5. The number of hydrogen-bond donors (Lipinski definition) is 0. The van der Waals surface area contributed by atoms with Crippen LogP contribution in [0.1, 0.15) is 11.1 Å². The monoisotopic (exact) mass is 561 g/mol. The molecule has 0 radical (unpaired) electrons. The van der Waals surface area contributed by atoms with Crippen LogP contribution in [0.3, 0.4) is 0 Å². The molecule has 3 aromatic rings. The third kappa shape index (κ3) is 5.67. The van der Waals surface area contributed by atoms with Crippen molar-refractivity contribution in [1.29, 1.82) is 0 Å². The predicted molar refractivity (Wildman–Crippen MR) is 144 cm³/mol. The second kappa shape index (κ2) is 10.8. The minimum Gasteiger partial charge on any atom is -0.338 e. The molecule has 0 atom stereocenters. The van der Waals surface area contributed by atoms with Crippen molar-refractivity contribution in [3.63, 3.8) is 0 Å². The van der Waals surface area contributed by atoms with E-state index in [9.17, 15) is 21.6 Å². The zero-order valence-corrected chi connectivity index (χ0v) is 22.9. The van der Waals surface area contributed by atoms with Crippen LogP contribution < -0.4 is 4.31 Å². The number of amides is 1. The Hall–Kier alpha value is -2.92. The van der Waals surface area contributed by atoms with Gasteiger partial charge in [-0.05, 0) is 55.8 Å². The Morgan fingerprint density at radius 3 is 2.05 bits per heavy atom. The van der Waals surface area contributed by atoms with Gasteiger partial charge in [-0.2, -0.15) is 4.31 Å². The second-order valence-electron chi connectivity index (χ2n) is 8.81. The molecule has 3 aromatic carbocycles. The van der Waals surface area contributed by atoms with Gasteiger partial charge < -0.3 is 4.90 Å². The summed E-state index contributed by atoms with van der Waals surface area (Å²) in [6.45, 7) is 3.67. The molecule has 196 valence electrons. The molecular weight excluding hydrogens is 534 g/mol. The molecule has 0 aliphatic carbocycles. The molecule has 0 spiro atoms. The van der Waals surface area contributed by atoms with Crippen molar-refractivity contribution in [3.05, 3.63) is 88.9 Å². The number of halogens is 1. The van der Waals surface area contributed by atoms with Gasteiger partial charge in [-0.3, -0.25) is 9.10 Å². The standard InChI is InChI=1S/C26H28ClN3O5S2/c1-20-11-13-23(14-12-20)36(32,33)29-17-15-28(16-18-29)26(31)19-30(25-10-6-9-24(27)21(25)2)37(34,35)22-7-4-3-5-8-22/h3-14H,15-19H2,1-2H3. The number of piperazine rings is 1. The smallest absolute Gasteiger partial charge is 0.264 e. The molecule has 1 saturated heterocycles. The fraction of sp³-hybridized carbons (Fsp3) is 0.269. The molecule has 37 heavy (non-hydrogen) atoms. The van der Waals surface area contributed by atoms with E-state index in [1.807, 2.05) is 6.92 Å². The van der Waals surface area contributed by atoms with E-state index in [1.54, 1.807) is 67.6 Å². The first-order valence-electron chi connectivity index (χ1n) is 11.7. The number of sulfonamides is 2. The van der Waals surface area contributed by atoms with E-state index in [2.05, 4.69) is 0 Å². The Bertz CT molecular complexity index is 1490. The normalized spacial score (nSPS) is 14.9. The quantitative estimate of drug-likeness (QED) is 0.438. The van der Waals surface area contributed by atoms with E-state index < -0.39 is 32.5 Å². The summed E-state index contributed by atoms with van der Waals surface area (Å²) in [6, 6.07) is 19.4. The van der Waals surface area contributed by atoms with Crippen molar-refractivity contribution >= 4 is 43.2 Å². The molecule has 11 heteroatoms. The average molecular weight is 562 g/mol. The fourth-order valence-electron chi connectivity index (χ4n) is 4.15. The zero-order chi connectivity index (χ0) is 26.8. The molecule has 0 N–H and O–H groups in total. The molecule has 0 saturated carbocycles. The minimum absolute atomic E-state index is 0.0520. The first-order valence-corrected chi connectivity index (χ1v) is 14.9. The summed E-state index contributed by atoms with van der Waals surface area (Å²) in [5, 5.41) is 0.383. The van der Waals surface area contributed by atoms with E-state index in [1.165, 1.54) is 21.3 Å². The van der Waals surface area contributed by atoms with Crippen LogP contribution in [0.15, 0.2) is 82.6 Å². The van der Waals surface area contributed by atoms with E-state index in [0.717, 1.165) is 9.87 Å². The van der Waals surface area contributed by atoms with Crippen molar-refractivity contribution in [2.45, 2.75) is 23.6 Å². The number of carbonyl (C=O) groups excluding carboxylic acids is 1. The first kappa shape index (κ1) is 27.1. The summed E-state index contributed by atoms with van der Waals surface area (Å²) < 4.78 is 55.7. The first-order chi connectivity index (χ1) is 17.5. The van der Waals surface area contributed by atoms with Gasteiger partial charge in [0.25, 0.3) is 10.0 Å². The summed E-state index contributed by atoms with van der Waals surface area (Å²) in [7, 11) is -7.77. The molecule has 1 fully saturated rings. The largest absolute Gasteiger partial charge is 0.338 e. The minimum atomic E-state index is -4.08. The Morgan fingerprint density at radius 1 is 0.811 bits per heavy atom. The number of benzene rings is 3. The molecule has 8 nitrogen and oxygen atoms in total. The summed E-state index contributed by atoms with van der Waals surface area (Å²) in [4.78, 5) is 15.1. The van der Waals surface area contributed by atoms with E-state index >= 15 is 0 Å². The van der Waals surface area contributed by atoms with Crippen molar-refractivity contribution < 1.29 is 21.6 Å². The molecule has 1 aliphatic rings. The highest BCUT2D eigenvalue weighted by molar-refractivity contribution is 7.92. The van der Waals surface area contributed by atoms with Crippen LogP contribution in [0.5, 0.6) is 0 Å². The Morgan fingerprint density at radius 2 is 1.43 bits per heavy atom. The molecule has 0 aromatic heterocycles. The van der Waals surface area contributed by atoms with Crippen molar-refractivity contribution in [3.8, 4) is 0 Å². The van der Waals surface area contributed by atoms with Gasteiger partial charge in [0, 0.05) is 31.2 Å². The number of hydrogen-bond acceptors (Lipinski definition) is 5. The summed E-state index contributed by atoms with van der Waals surface area (Å²) >= 11 is 6.28. The number of rotatable bonds is 7. The van der Waals surface area contributed by atoms with Gasteiger partial charge in [0.1, 0.15) is 6.54 Å². The highest BCUT2D eigenvalue weighted by atomic mass is 35.5. The SMILES string of the molecule is Cc1ccc(S(=O)(=O)N2CCN(C(=O)CN(c3cccc(Cl)c3C)S(=O)(=O)c3ccccc3)CC2)cc1. The lowest BCUT2D eigenvalue weighted by Gasteiger charge is -2.35. The Kier molecular flexibility index (Phi) is 7.94. The van der Waals surface area contributed by atoms with Crippen LogP contribution in [-0.2, 0) is 24.8 Å². The maximum absolute atomic E-state index is 13.6. The number of anilines is 1. The van der Waals surface area contributed by atoms with Crippen LogP contribution in [0.4, 0.5) is 5.69 Å². The van der Waals surface area contributed by atoms with E-state index in [-0.39, 0.29) is 36.0 Å². The average Bonchev–Trinajstić information content (AvgIpc) is 2.90. The van der Waals surface area contributed by atoms with E-state index in [4.69, 9.17) is 11.6 Å². The van der Waals surface area contributed by atoms with Crippen LogP contribution in [0.25, 0.3) is 0 Å². The van der Waals surface area contributed by atoms with Crippen molar-refractivity contribution in [1.82, 2.24) is 9.21 Å². The third-order valence-corrected chi connectivity index (χ3v) is 10.5. The highest BCUT2D eigenvalue weighted by Crippen LogP contribution is 2.31. The second-order valence-corrected chi connectivity index (χ2v) is 13.0. The maximum atomic E-state index is 13.6. The van der Waals surface area contributed by atoms with E-state index in [0.29, 0.717) is 16.3 Å². The lowest BCUT2D eigenvalue weighted by molar-refractivity contribution is -0.130. The fourth-order valence-corrected chi connectivity index (χ4v) is 7.23. The molecule has 0 unspecified atom stereocenters. The van der Waals surface area contributed by atoms with Gasteiger partial charge >= 0.3 is 0 Å². The molecule has 4 rings (SSSR count). The molecule has 0 bridgehead atoms. The summed E-state index contributed by atoms with van der Waals surface area (Å²) in [5.41, 5.74) is 1.80. The highest BCUT2D eigenvalue weighted by Gasteiger charge is 2.33. The van der Waals surface area contributed by atoms with Crippen LogP contribution in [0.2, 0.25) is 5.02 Å². The van der Waals surface area contributed by atoms with Crippen LogP contribution in [0, 0.1) is 13.8 Å². The summed E-state index contributed by atoms with van der Waals surface area (Å²) in [6.07, 6.45) is 0. The molecule has 1 amide bonds. The lowest BCUT2D eigenvalue weighted by Crippen LogP contribution is -2.53. The topological polar surface area (TPSA) is 95.1 Å². The number of carbonyl (C=O) groups is 1. The summed E-state index contributed by atoms with van der Waals surface area (Å²) in [5.74, 6) is -0.425. The van der Waals surface area contributed by atoms with Crippen molar-refractivity contribution in [2.75, 3.05) is 37.0 Å². The molecule has 1 heterocycles. The van der Waals surface area contributed by atoms with Crippen molar-refractivity contribution in [2.24, 2.45) is 0 Å². The van der Waals surface area contributed by atoms with Gasteiger partial charge in [0.2, 0.25) is 15.9 Å². The lowest BCUT2D eigenvalue weighted by atomic mass is 10.2. The number of nitrogens with zero attached hydrogens (tertiary/aromatic N) is 3. The maximum Gasteiger partial charge on any atom is 0.264 e. The Balaban J connectivity index is 1.55. The third-order valence-electron chi connectivity index (χ3n) is 6.37. The predicted octanol–water partition coefficient (Wildman–Crippen LogP) is 3.69. The van der Waals surface area contributed by atoms with Gasteiger partial charge in [-0.25, -0.2) is 16.8 Å². The Labute approximate surface area is 223 Å².